The first kappa shape index (κ1) is 17.4. The number of nitrogens with zero attached hydrogens (tertiary/aromatic N) is 2. The van der Waals surface area contributed by atoms with Crippen LogP contribution in [-0.2, 0) is 6.61 Å². The summed E-state index contributed by atoms with van der Waals surface area (Å²) < 4.78 is 5.78. The maximum absolute atomic E-state index is 11.1. The van der Waals surface area contributed by atoms with E-state index in [4.69, 9.17) is 16.3 Å². The number of ether oxygens (including phenoxy) is 1. The summed E-state index contributed by atoms with van der Waals surface area (Å²) in [7, 11) is 0. The monoisotopic (exact) mass is 374 g/mol. The van der Waals surface area contributed by atoms with E-state index in [1.165, 1.54) is 6.07 Å². The largest absolute Gasteiger partial charge is 0.488 e. The van der Waals surface area contributed by atoms with Gasteiger partial charge in [-0.05, 0) is 43.7 Å². The first-order valence-electron chi connectivity index (χ1n) is 7.53. The molecule has 0 bridgehead atoms. The first-order valence-corrected chi connectivity index (χ1v) is 8.79. The van der Waals surface area contributed by atoms with Gasteiger partial charge in [0.15, 0.2) is 0 Å². The second-order valence-electron chi connectivity index (χ2n) is 5.56. The van der Waals surface area contributed by atoms with E-state index >= 15 is 0 Å². The standard InChI is InChI=1S/C18H15ClN2O3S/c1-11-8-13(18-20-12(2)10-25-18)6-7-17(11)24-9-14-15(19)4-3-5-16(14)21(22)23/h3-8,10H,9H2,1-2H3. The summed E-state index contributed by atoms with van der Waals surface area (Å²) in [4.78, 5) is 15.2. The molecule has 0 amide bonds. The van der Waals surface area contributed by atoms with Crippen LogP contribution in [0.15, 0.2) is 41.8 Å². The zero-order valence-electron chi connectivity index (χ0n) is 13.7. The molecule has 0 N–H and O–H groups in total. The summed E-state index contributed by atoms with van der Waals surface area (Å²) in [5, 5.41) is 14.4. The molecule has 0 radical (unpaired) electrons. The molecule has 0 fully saturated rings. The van der Waals surface area contributed by atoms with Crippen LogP contribution >= 0.6 is 22.9 Å². The van der Waals surface area contributed by atoms with E-state index in [-0.39, 0.29) is 12.3 Å². The zero-order valence-corrected chi connectivity index (χ0v) is 15.2. The van der Waals surface area contributed by atoms with Gasteiger partial charge in [0.25, 0.3) is 5.69 Å². The fraction of sp³-hybridized carbons (Fsp3) is 0.167. The van der Waals surface area contributed by atoms with Crippen LogP contribution in [0.4, 0.5) is 5.69 Å². The molecule has 128 valence electrons. The first-order chi connectivity index (χ1) is 12.0. The number of hydrogen-bond acceptors (Lipinski definition) is 5. The van der Waals surface area contributed by atoms with Gasteiger partial charge in [0.05, 0.1) is 15.5 Å². The second kappa shape index (κ2) is 7.21. The average molecular weight is 375 g/mol. The van der Waals surface area contributed by atoms with Crippen LogP contribution in [0.5, 0.6) is 5.75 Å². The fourth-order valence-electron chi connectivity index (χ4n) is 2.44. The van der Waals surface area contributed by atoms with Crippen molar-refractivity contribution >= 4 is 28.6 Å². The van der Waals surface area contributed by atoms with Crippen molar-refractivity contribution in [1.29, 1.82) is 0 Å². The van der Waals surface area contributed by atoms with E-state index in [1.807, 2.05) is 37.4 Å². The van der Waals surface area contributed by atoms with Gasteiger partial charge in [0.2, 0.25) is 0 Å². The van der Waals surface area contributed by atoms with Crippen molar-refractivity contribution in [3.8, 4) is 16.3 Å². The number of nitro groups is 1. The van der Waals surface area contributed by atoms with Crippen LogP contribution < -0.4 is 4.74 Å². The number of hydrogen-bond donors (Lipinski definition) is 0. The Morgan fingerprint density at radius 2 is 2.08 bits per heavy atom. The Bertz CT molecular complexity index is 940. The van der Waals surface area contributed by atoms with Crippen LogP contribution in [-0.4, -0.2) is 9.91 Å². The number of nitro benzene ring substituents is 1. The third-order valence-corrected chi connectivity index (χ3v) is 5.07. The lowest BCUT2D eigenvalue weighted by Crippen LogP contribution is -2.02. The highest BCUT2D eigenvalue weighted by molar-refractivity contribution is 7.13. The van der Waals surface area contributed by atoms with Crippen molar-refractivity contribution in [2.75, 3.05) is 0 Å². The summed E-state index contributed by atoms with van der Waals surface area (Å²) in [5.74, 6) is 0.659. The molecule has 0 saturated heterocycles. The summed E-state index contributed by atoms with van der Waals surface area (Å²) in [6.45, 7) is 3.92. The molecule has 0 unspecified atom stereocenters. The quantitative estimate of drug-likeness (QED) is 0.432. The molecule has 1 heterocycles. The summed E-state index contributed by atoms with van der Waals surface area (Å²) >= 11 is 7.69. The molecule has 0 aliphatic rings. The number of rotatable bonds is 5. The second-order valence-corrected chi connectivity index (χ2v) is 6.82. The molecule has 0 spiro atoms. The fourth-order valence-corrected chi connectivity index (χ4v) is 3.46. The molecule has 0 aliphatic heterocycles. The summed E-state index contributed by atoms with van der Waals surface area (Å²) in [6, 6.07) is 10.4. The van der Waals surface area contributed by atoms with Crippen LogP contribution in [0.25, 0.3) is 10.6 Å². The summed E-state index contributed by atoms with van der Waals surface area (Å²) in [5.41, 5.74) is 3.27. The van der Waals surface area contributed by atoms with Gasteiger partial charge in [-0.15, -0.1) is 11.3 Å². The maximum Gasteiger partial charge on any atom is 0.277 e. The highest BCUT2D eigenvalue weighted by Crippen LogP contribution is 2.31. The average Bonchev–Trinajstić information content (AvgIpc) is 3.01. The van der Waals surface area contributed by atoms with Gasteiger partial charge < -0.3 is 4.74 Å². The van der Waals surface area contributed by atoms with Gasteiger partial charge in [-0.1, -0.05) is 17.7 Å². The van der Waals surface area contributed by atoms with Crippen molar-refractivity contribution in [3.05, 3.63) is 73.7 Å². The van der Waals surface area contributed by atoms with E-state index < -0.39 is 4.92 Å². The molecule has 0 aliphatic carbocycles. The number of benzene rings is 2. The van der Waals surface area contributed by atoms with Crippen molar-refractivity contribution in [1.82, 2.24) is 4.98 Å². The minimum atomic E-state index is -0.453. The molecule has 2 aromatic carbocycles. The number of aromatic nitrogens is 1. The Labute approximate surface area is 154 Å². The Balaban J connectivity index is 1.82. The van der Waals surface area contributed by atoms with Gasteiger partial charge in [-0.2, -0.15) is 0 Å². The lowest BCUT2D eigenvalue weighted by atomic mass is 10.1. The molecule has 1 aromatic heterocycles. The predicted octanol–water partition coefficient (Wildman–Crippen LogP) is 5.57. The van der Waals surface area contributed by atoms with Gasteiger partial charge in [0.1, 0.15) is 17.4 Å². The summed E-state index contributed by atoms with van der Waals surface area (Å²) in [6.07, 6.45) is 0. The normalized spacial score (nSPS) is 10.7. The highest BCUT2D eigenvalue weighted by Gasteiger charge is 2.17. The maximum atomic E-state index is 11.1. The van der Waals surface area contributed by atoms with Crippen molar-refractivity contribution < 1.29 is 9.66 Å². The van der Waals surface area contributed by atoms with E-state index in [0.717, 1.165) is 21.8 Å². The Hall–Kier alpha value is -2.44. The molecule has 5 nitrogen and oxygen atoms in total. The third kappa shape index (κ3) is 3.81. The molecule has 0 atom stereocenters. The van der Waals surface area contributed by atoms with Crippen molar-refractivity contribution in [2.45, 2.75) is 20.5 Å². The van der Waals surface area contributed by atoms with E-state index in [1.54, 1.807) is 23.5 Å². The smallest absolute Gasteiger partial charge is 0.277 e. The van der Waals surface area contributed by atoms with Crippen molar-refractivity contribution in [2.24, 2.45) is 0 Å². The zero-order chi connectivity index (χ0) is 18.0. The topological polar surface area (TPSA) is 65.3 Å². The Kier molecular flexibility index (Phi) is 5.01. The SMILES string of the molecule is Cc1csc(-c2ccc(OCc3c(Cl)cccc3[N+](=O)[O-])c(C)c2)n1. The lowest BCUT2D eigenvalue weighted by Gasteiger charge is -2.11. The van der Waals surface area contributed by atoms with Crippen LogP contribution in [0.3, 0.4) is 0 Å². The molecule has 0 saturated carbocycles. The third-order valence-electron chi connectivity index (χ3n) is 3.70. The minimum Gasteiger partial charge on any atom is -0.488 e. The van der Waals surface area contributed by atoms with E-state index in [9.17, 15) is 10.1 Å². The van der Waals surface area contributed by atoms with Gasteiger partial charge in [0, 0.05) is 22.7 Å². The highest BCUT2D eigenvalue weighted by atomic mass is 35.5. The number of aryl methyl sites for hydroxylation is 2. The molecule has 25 heavy (non-hydrogen) atoms. The number of halogens is 1. The lowest BCUT2D eigenvalue weighted by molar-refractivity contribution is -0.385. The Morgan fingerprint density at radius 3 is 2.72 bits per heavy atom. The van der Waals surface area contributed by atoms with Gasteiger partial charge in [-0.3, -0.25) is 10.1 Å². The minimum absolute atomic E-state index is 0.0343. The molecule has 7 heteroatoms. The van der Waals surface area contributed by atoms with Gasteiger partial charge >= 0.3 is 0 Å². The van der Waals surface area contributed by atoms with Crippen molar-refractivity contribution in [3.63, 3.8) is 0 Å². The molecular weight excluding hydrogens is 360 g/mol. The Morgan fingerprint density at radius 1 is 1.28 bits per heavy atom. The van der Waals surface area contributed by atoms with E-state index in [0.29, 0.717) is 16.3 Å². The number of thiazole rings is 1. The van der Waals surface area contributed by atoms with Gasteiger partial charge in [-0.25, -0.2) is 4.98 Å². The van der Waals surface area contributed by atoms with Crippen LogP contribution in [0.2, 0.25) is 5.02 Å². The molecular formula is C18H15ClN2O3S. The predicted molar refractivity (Wildman–Crippen MR) is 99.5 cm³/mol. The molecule has 3 aromatic rings. The molecule has 3 rings (SSSR count). The van der Waals surface area contributed by atoms with Crippen LogP contribution in [0.1, 0.15) is 16.8 Å². The van der Waals surface area contributed by atoms with Crippen LogP contribution in [0, 0.1) is 24.0 Å². The van der Waals surface area contributed by atoms with E-state index in [2.05, 4.69) is 4.98 Å².